The summed E-state index contributed by atoms with van der Waals surface area (Å²) in [5.74, 6) is 2.61. The molecule has 0 aromatic rings. The fourth-order valence-electron chi connectivity index (χ4n) is 3.30. The molecule has 3 heteroatoms. The van der Waals surface area contributed by atoms with E-state index in [2.05, 4.69) is 30.5 Å². The second kappa shape index (κ2) is 5.50. The highest BCUT2D eigenvalue weighted by Gasteiger charge is 2.38. The first-order valence-corrected chi connectivity index (χ1v) is 8.26. The lowest BCUT2D eigenvalue weighted by Crippen LogP contribution is -2.56. The first kappa shape index (κ1) is 13.7. The smallest absolute Gasteiger partial charge is 0.0347 e. The summed E-state index contributed by atoms with van der Waals surface area (Å²) in [4.78, 5) is 2.74. The number of hydrogen-bond acceptors (Lipinski definition) is 3. The molecule has 0 aromatic heterocycles. The molecule has 0 bridgehead atoms. The first-order chi connectivity index (χ1) is 8.08. The van der Waals surface area contributed by atoms with Crippen LogP contribution in [0, 0.1) is 5.41 Å². The van der Waals surface area contributed by atoms with Crippen LogP contribution in [0.4, 0.5) is 0 Å². The van der Waals surface area contributed by atoms with Crippen molar-refractivity contribution < 1.29 is 0 Å². The van der Waals surface area contributed by atoms with Gasteiger partial charge in [-0.3, -0.25) is 4.90 Å². The third kappa shape index (κ3) is 3.18. The molecular weight excluding hydrogens is 228 g/mol. The zero-order valence-electron chi connectivity index (χ0n) is 11.5. The van der Waals surface area contributed by atoms with E-state index in [1.165, 1.54) is 56.7 Å². The van der Waals surface area contributed by atoms with Gasteiger partial charge in [0, 0.05) is 12.1 Å². The fraction of sp³-hybridized carbons (Fsp3) is 1.00. The molecule has 2 aliphatic heterocycles. The Labute approximate surface area is 111 Å². The van der Waals surface area contributed by atoms with Gasteiger partial charge in [0.15, 0.2) is 0 Å². The topological polar surface area (TPSA) is 29.3 Å². The summed E-state index contributed by atoms with van der Waals surface area (Å²) >= 11 is 2.10. The predicted molar refractivity (Wildman–Crippen MR) is 77.5 cm³/mol. The standard InChI is InChI=1S/C14H28N2S/c1-13(2)4-3-8-16(9-5-13)14(12-15)6-10-17-11-7-14/h3-12,15H2,1-2H3. The molecular formula is C14H28N2S. The monoisotopic (exact) mass is 256 g/mol. The van der Waals surface area contributed by atoms with Crippen molar-refractivity contribution in [2.24, 2.45) is 11.1 Å². The Kier molecular flexibility index (Phi) is 4.43. The summed E-state index contributed by atoms with van der Waals surface area (Å²) in [6, 6.07) is 0. The quantitative estimate of drug-likeness (QED) is 0.824. The van der Waals surface area contributed by atoms with Gasteiger partial charge in [-0.05, 0) is 62.1 Å². The number of nitrogens with two attached hydrogens (primary N) is 1. The van der Waals surface area contributed by atoms with Crippen molar-refractivity contribution in [1.82, 2.24) is 4.90 Å². The van der Waals surface area contributed by atoms with E-state index < -0.39 is 0 Å². The second-order valence-corrected chi connectivity index (χ2v) is 7.77. The minimum absolute atomic E-state index is 0.339. The van der Waals surface area contributed by atoms with E-state index in [9.17, 15) is 0 Å². The van der Waals surface area contributed by atoms with Crippen LogP contribution in [0.3, 0.4) is 0 Å². The van der Waals surface area contributed by atoms with Gasteiger partial charge in [0.2, 0.25) is 0 Å². The summed E-state index contributed by atoms with van der Waals surface area (Å²) < 4.78 is 0. The van der Waals surface area contributed by atoms with Crippen LogP contribution in [-0.4, -0.2) is 41.6 Å². The molecule has 0 aliphatic carbocycles. The molecule has 0 saturated carbocycles. The van der Waals surface area contributed by atoms with E-state index in [1.54, 1.807) is 0 Å². The number of likely N-dealkylation sites (tertiary alicyclic amines) is 1. The van der Waals surface area contributed by atoms with Gasteiger partial charge in [0.05, 0.1) is 0 Å². The molecule has 2 N–H and O–H groups in total. The largest absolute Gasteiger partial charge is 0.329 e. The molecule has 100 valence electrons. The number of hydrogen-bond donors (Lipinski definition) is 1. The average molecular weight is 256 g/mol. The zero-order valence-corrected chi connectivity index (χ0v) is 12.3. The molecule has 0 aromatic carbocycles. The van der Waals surface area contributed by atoms with Gasteiger partial charge in [0.25, 0.3) is 0 Å². The van der Waals surface area contributed by atoms with Crippen LogP contribution in [0.5, 0.6) is 0 Å². The lowest BCUT2D eigenvalue weighted by Gasteiger charge is -2.45. The third-order valence-corrected chi connectivity index (χ3v) is 5.80. The van der Waals surface area contributed by atoms with Crippen LogP contribution < -0.4 is 5.73 Å². The molecule has 2 fully saturated rings. The fourth-order valence-corrected chi connectivity index (χ4v) is 4.55. The third-order valence-electron chi connectivity index (χ3n) is 4.81. The highest BCUT2D eigenvalue weighted by Crippen LogP contribution is 2.37. The Morgan fingerprint density at radius 3 is 2.41 bits per heavy atom. The maximum Gasteiger partial charge on any atom is 0.0347 e. The van der Waals surface area contributed by atoms with Crippen molar-refractivity contribution in [2.45, 2.75) is 51.5 Å². The van der Waals surface area contributed by atoms with Crippen LogP contribution in [0.2, 0.25) is 0 Å². The minimum Gasteiger partial charge on any atom is -0.329 e. The van der Waals surface area contributed by atoms with Crippen molar-refractivity contribution in [2.75, 3.05) is 31.1 Å². The molecule has 0 spiro atoms. The molecule has 0 amide bonds. The summed E-state index contributed by atoms with van der Waals surface area (Å²) in [6.45, 7) is 8.22. The lowest BCUT2D eigenvalue weighted by atomic mass is 9.85. The Hall–Kier alpha value is 0.270. The first-order valence-electron chi connectivity index (χ1n) is 7.11. The van der Waals surface area contributed by atoms with E-state index in [1.807, 2.05) is 0 Å². The molecule has 2 heterocycles. The predicted octanol–water partition coefficient (Wildman–Crippen LogP) is 2.72. The summed E-state index contributed by atoms with van der Waals surface area (Å²) in [7, 11) is 0. The maximum atomic E-state index is 6.14. The normalized spacial score (nSPS) is 29.8. The maximum absolute atomic E-state index is 6.14. The number of rotatable bonds is 2. The van der Waals surface area contributed by atoms with Gasteiger partial charge in [-0.2, -0.15) is 11.8 Å². The van der Waals surface area contributed by atoms with Gasteiger partial charge in [0.1, 0.15) is 0 Å². The average Bonchev–Trinajstić information content (AvgIpc) is 2.51. The van der Waals surface area contributed by atoms with E-state index in [4.69, 9.17) is 5.73 Å². The Morgan fingerprint density at radius 1 is 1.06 bits per heavy atom. The molecule has 2 saturated heterocycles. The lowest BCUT2D eigenvalue weighted by molar-refractivity contribution is 0.0852. The Bertz CT molecular complexity index is 247. The van der Waals surface area contributed by atoms with Crippen molar-refractivity contribution in [1.29, 1.82) is 0 Å². The highest BCUT2D eigenvalue weighted by atomic mass is 32.2. The zero-order chi connectivity index (χ0) is 12.4. The highest BCUT2D eigenvalue weighted by molar-refractivity contribution is 7.99. The van der Waals surface area contributed by atoms with Crippen molar-refractivity contribution in [3.05, 3.63) is 0 Å². The van der Waals surface area contributed by atoms with Crippen molar-refractivity contribution in [3.8, 4) is 0 Å². The minimum atomic E-state index is 0.339. The van der Waals surface area contributed by atoms with Gasteiger partial charge in [-0.25, -0.2) is 0 Å². The number of nitrogens with zero attached hydrogens (tertiary/aromatic N) is 1. The van der Waals surface area contributed by atoms with Gasteiger partial charge < -0.3 is 5.73 Å². The van der Waals surface area contributed by atoms with Crippen molar-refractivity contribution in [3.63, 3.8) is 0 Å². The van der Waals surface area contributed by atoms with Crippen LogP contribution in [-0.2, 0) is 0 Å². The van der Waals surface area contributed by atoms with E-state index in [-0.39, 0.29) is 0 Å². The molecule has 0 atom stereocenters. The summed E-state index contributed by atoms with van der Waals surface area (Å²) in [6.07, 6.45) is 6.66. The Morgan fingerprint density at radius 2 is 1.76 bits per heavy atom. The molecule has 0 unspecified atom stereocenters. The molecule has 2 nitrogen and oxygen atoms in total. The second-order valence-electron chi connectivity index (χ2n) is 6.55. The van der Waals surface area contributed by atoms with E-state index >= 15 is 0 Å². The van der Waals surface area contributed by atoms with Crippen molar-refractivity contribution >= 4 is 11.8 Å². The van der Waals surface area contributed by atoms with Gasteiger partial charge >= 0.3 is 0 Å². The summed E-state index contributed by atoms with van der Waals surface area (Å²) in [5.41, 5.74) is 7.01. The van der Waals surface area contributed by atoms with E-state index in [0.717, 1.165) is 6.54 Å². The van der Waals surface area contributed by atoms with E-state index in [0.29, 0.717) is 11.0 Å². The molecule has 2 aliphatic rings. The molecule has 17 heavy (non-hydrogen) atoms. The number of thioether (sulfide) groups is 1. The molecule has 2 rings (SSSR count). The SMILES string of the molecule is CC1(C)CCCN(C2(CN)CCSCC2)CC1. The van der Waals surface area contributed by atoms with Crippen LogP contribution in [0.1, 0.15) is 46.0 Å². The van der Waals surface area contributed by atoms with Crippen LogP contribution in [0.15, 0.2) is 0 Å². The molecule has 0 radical (unpaired) electrons. The van der Waals surface area contributed by atoms with Crippen LogP contribution >= 0.6 is 11.8 Å². The Balaban J connectivity index is 2.04. The summed E-state index contributed by atoms with van der Waals surface area (Å²) in [5, 5.41) is 0. The van der Waals surface area contributed by atoms with Gasteiger partial charge in [-0.1, -0.05) is 13.8 Å². The van der Waals surface area contributed by atoms with Crippen LogP contribution in [0.25, 0.3) is 0 Å². The van der Waals surface area contributed by atoms with Gasteiger partial charge in [-0.15, -0.1) is 0 Å².